The number of hydrogen-bond acceptors (Lipinski definition) is 4. The van der Waals surface area contributed by atoms with Crippen LogP contribution in [0.2, 0.25) is 0 Å². The molecule has 1 aliphatic carbocycles. The summed E-state index contributed by atoms with van der Waals surface area (Å²) in [7, 11) is 0. The van der Waals surface area contributed by atoms with E-state index in [2.05, 4.69) is 132 Å². The smallest absolute Gasteiger partial charge is 0.160 e. The number of para-hydroxylation sites is 1. The zero-order chi connectivity index (χ0) is 33.1. The van der Waals surface area contributed by atoms with Crippen molar-refractivity contribution in [2.24, 2.45) is 0 Å². The van der Waals surface area contributed by atoms with Crippen molar-refractivity contribution in [1.82, 2.24) is 15.0 Å². The van der Waals surface area contributed by atoms with E-state index >= 15 is 0 Å². The van der Waals surface area contributed by atoms with Gasteiger partial charge >= 0.3 is 0 Å². The molecule has 0 saturated carbocycles. The molecule has 0 radical (unpaired) electrons. The van der Waals surface area contributed by atoms with Crippen molar-refractivity contribution in [3.63, 3.8) is 0 Å². The minimum Gasteiger partial charge on any atom is -0.457 e. The molecule has 6 aromatic carbocycles. The largest absolute Gasteiger partial charge is 0.457 e. The average Bonchev–Trinajstić information content (AvgIpc) is 3.49. The summed E-state index contributed by atoms with van der Waals surface area (Å²) < 4.78 is 6.73. The number of hydrogen-bond donors (Lipinski definition) is 0. The summed E-state index contributed by atoms with van der Waals surface area (Å²) >= 11 is 0. The molecule has 1 spiro atoms. The van der Waals surface area contributed by atoms with Gasteiger partial charge in [-0.05, 0) is 63.7 Å². The quantitative estimate of drug-likeness (QED) is 0.192. The maximum atomic E-state index is 6.73. The molecule has 4 heteroatoms. The second-order valence-corrected chi connectivity index (χ2v) is 12.8. The monoisotopic (exact) mass is 639 g/mol. The molecule has 0 bridgehead atoms. The Morgan fingerprint density at radius 3 is 1.72 bits per heavy atom. The highest BCUT2D eigenvalue weighted by Gasteiger charge is 2.50. The van der Waals surface area contributed by atoms with Gasteiger partial charge in [0.05, 0.1) is 22.5 Å². The van der Waals surface area contributed by atoms with Crippen molar-refractivity contribution in [3.05, 3.63) is 198 Å². The van der Waals surface area contributed by atoms with Crippen molar-refractivity contribution in [1.29, 1.82) is 0 Å². The number of aromatic nitrogens is 3. The third kappa shape index (κ3) is 4.28. The van der Waals surface area contributed by atoms with Gasteiger partial charge < -0.3 is 4.74 Å². The van der Waals surface area contributed by atoms with E-state index in [1.54, 1.807) is 6.20 Å². The molecular weight excluding hydrogens is 611 g/mol. The first kappa shape index (κ1) is 28.4. The topological polar surface area (TPSA) is 47.9 Å². The fourth-order valence-electron chi connectivity index (χ4n) is 7.83. The van der Waals surface area contributed by atoms with E-state index in [0.717, 1.165) is 56.4 Å². The predicted molar refractivity (Wildman–Crippen MR) is 199 cm³/mol. The van der Waals surface area contributed by atoms with Gasteiger partial charge in [-0.1, -0.05) is 140 Å². The molecule has 0 amide bonds. The van der Waals surface area contributed by atoms with Crippen LogP contribution in [0.25, 0.3) is 56.3 Å². The number of benzene rings is 6. The SMILES string of the molecule is c1ccc(-c2cc(-c3ccccn3)nc(-c3ccc(-c4ccc5c(c4)Oc4ccccc4C54c5ccccc5-c5ccccc54)cc3)n2)cc1. The van der Waals surface area contributed by atoms with Crippen molar-refractivity contribution in [3.8, 4) is 67.8 Å². The molecular formula is C46H29N3O. The highest BCUT2D eigenvalue weighted by Crippen LogP contribution is 2.62. The van der Waals surface area contributed by atoms with Crippen LogP contribution in [0.3, 0.4) is 0 Å². The fourth-order valence-corrected chi connectivity index (χ4v) is 7.83. The molecule has 234 valence electrons. The van der Waals surface area contributed by atoms with E-state index in [9.17, 15) is 0 Å². The molecule has 0 saturated heterocycles. The van der Waals surface area contributed by atoms with Crippen molar-refractivity contribution in [2.75, 3.05) is 0 Å². The number of ether oxygens (including phenoxy) is 1. The van der Waals surface area contributed by atoms with Gasteiger partial charge in [0.25, 0.3) is 0 Å². The van der Waals surface area contributed by atoms with Crippen molar-refractivity contribution < 1.29 is 4.74 Å². The van der Waals surface area contributed by atoms with Crippen LogP contribution < -0.4 is 4.74 Å². The van der Waals surface area contributed by atoms with Gasteiger partial charge in [0.15, 0.2) is 5.82 Å². The lowest BCUT2D eigenvalue weighted by molar-refractivity contribution is 0.436. The van der Waals surface area contributed by atoms with E-state index in [4.69, 9.17) is 14.7 Å². The van der Waals surface area contributed by atoms with E-state index < -0.39 is 5.41 Å². The number of nitrogens with zero attached hydrogens (tertiary/aromatic N) is 3. The van der Waals surface area contributed by atoms with Crippen LogP contribution in [-0.4, -0.2) is 15.0 Å². The highest BCUT2D eigenvalue weighted by atomic mass is 16.5. The molecule has 1 aliphatic heterocycles. The van der Waals surface area contributed by atoms with E-state index in [0.29, 0.717) is 5.82 Å². The normalized spacial score (nSPS) is 13.1. The Morgan fingerprint density at radius 1 is 0.380 bits per heavy atom. The fraction of sp³-hybridized carbons (Fsp3) is 0.0217. The Morgan fingerprint density at radius 2 is 0.980 bits per heavy atom. The van der Waals surface area contributed by atoms with E-state index in [1.165, 1.54) is 27.8 Å². The molecule has 2 aromatic heterocycles. The molecule has 50 heavy (non-hydrogen) atoms. The summed E-state index contributed by atoms with van der Waals surface area (Å²) in [4.78, 5) is 14.5. The van der Waals surface area contributed by atoms with Gasteiger partial charge in [-0.15, -0.1) is 0 Å². The first-order valence-electron chi connectivity index (χ1n) is 16.9. The van der Waals surface area contributed by atoms with Gasteiger partial charge in [-0.2, -0.15) is 0 Å². The third-order valence-electron chi connectivity index (χ3n) is 10.0. The first-order valence-corrected chi connectivity index (χ1v) is 16.9. The summed E-state index contributed by atoms with van der Waals surface area (Å²) in [5, 5.41) is 0. The lowest BCUT2D eigenvalue weighted by Gasteiger charge is -2.39. The molecule has 0 atom stereocenters. The van der Waals surface area contributed by atoms with Crippen LogP contribution in [0, 0.1) is 0 Å². The lowest BCUT2D eigenvalue weighted by atomic mass is 9.66. The van der Waals surface area contributed by atoms with E-state index in [1.807, 2.05) is 42.5 Å². The number of rotatable bonds is 4. The van der Waals surface area contributed by atoms with Crippen LogP contribution in [-0.2, 0) is 5.41 Å². The van der Waals surface area contributed by atoms with Gasteiger partial charge in [-0.25, -0.2) is 9.97 Å². The summed E-state index contributed by atoms with van der Waals surface area (Å²) in [6, 6.07) is 59.4. The Bertz CT molecular complexity index is 2460. The molecule has 0 unspecified atom stereocenters. The molecule has 4 nitrogen and oxygen atoms in total. The van der Waals surface area contributed by atoms with Gasteiger partial charge in [-0.3, -0.25) is 4.98 Å². The molecule has 0 N–H and O–H groups in total. The Kier molecular flexibility index (Phi) is 6.36. The van der Waals surface area contributed by atoms with Gasteiger partial charge in [0, 0.05) is 28.5 Å². The molecule has 0 fully saturated rings. The number of fused-ring (bicyclic) bond motifs is 9. The van der Waals surface area contributed by atoms with Gasteiger partial charge in [0.1, 0.15) is 11.5 Å². The third-order valence-corrected chi connectivity index (χ3v) is 10.0. The zero-order valence-electron chi connectivity index (χ0n) is 27.0. The van der Waals surface area contributed by atoms with Crippen molar-refractivity contribution in [2.45, 2.75) is 5.41 Å². The predicted octanol–water partition coefficient (Wildman–Crippen LogP) is 11.0. The summed E-state index contributed by atoms with van der Waals surface area (Å²) in [5.41, 5.74) is 13.6. The van der Waals surface area contributed by atoms with Crippen LogP contribution in [0.4, 0.5) is 0 Å². The summed E-state index contributed by atoms with van der Waals surface area (Å²) in [5.74, 6) is 2.42. The van der Waals surface area contributed by atoms with Gasteiger partial charge in [0.2, 0.25) is 0 Å². The maximum Gasteiger partial charge on any atom is 0.160 e. The van der Waals surface area contributed by atoms with Crippen molar-refractivity contribution >= 4 is 0 Å². The van der Waals surface area contributed by atoms with Crippen LogP contribution in [0.5, 0.6) is 11.5 Å². The summed E-state index contributed by atoms with van der Waals surface area (Å²) in [6.45, 7) is 0. The zero-order valence-corrected chi connectivity index (χ0v) is 27.0. The lowest BCUT2D eigenvalue weighted by Crippen LogP contribution is -2.32. The summed E-state index contributed by atoms with van der Waals surface area (Å²) in [6.07, 6.45) is 1.79. The number of pyridine rings is 1. The molecule has 3 heterocycles. The highest BCUT2D eigenvalue weighted by molar-refractivity contribution is 5.89. The Hall–Kier alpha value is -6.65. The minimum atomic E-state index is -0.466. The Labute approximate surface area is 290 Å². The van der Waals surface area contributed by atoms with E-state index in [-0.39, 0.29) is 0 Å². The molecule has 10 rings (SSSR count). The van der Waals surface area contributed by atoms with Crippen LogP contribution >= 0.6 is 0 Å². The average molecular weight is 640 g/mol. The maximum absolute atomic E-state index is 6.73. The second kappa shape index (κ2) is 11.2. The minimum absolute atomic E-state index is 0.466. The van der Waals surface area contributed by atoms with Crippen LogP contribution in [0.1, 0.15) is 22.3 Å². The first-order chi connectivity index (χ1) is 24.8. The second-order valence-electron chi connectivity index (χ2n) is 12.8. The molecule has 2 aliphatic rings. The molecule has 8 aromatic rings. The van der Waals surface area contributed by atoms with Crippen LogP contribution in [0.15, 0.2) is 176 Å². The standard InChI is InChI=1S/C46H29N3O/c1-2-12-31(13-3-1)41-29-42(40-19-10-11-27-47-40)49-45(48-41)32-23-21-30(22-24-32)33-25-26-39-44(28-33)50-43-20-9-8-18-38(43)46(39)36-16-6-4-14-34(36)35-15-5-7-17-37(35)46/h1-29H. The Balaban J connectivity index is 1.08.